The number of aromatic nitrogens is 3. The van der Waals surface area contributed by atoms with Crippen molar-refractivity contribution in [1.29, 1.82) is 0 Å². The van der Waals surface area contributed by atoms with Gasteiger partial charge in [0.1, 0.15) is 0 Å². The summed E-state index contributed by atoms with van der Waals surface area (Å²) < 4.78 is 1.95. The van der Waals surface area contributed by atoms with Crippen LogP contribution in [-0.2, 0) is 19.4 Å². The molecule has 0 amide bonds. The van der Waals surface area contributed by atoms with Gasteiger partial charge in [0.15, 0.2) is 0 Å². The standard InChI is InChI=1S/C15H22ClN5/c1-4-12-15(16)14(21(5-2)20-12)7-13(19-17)11-6-10(3)8-18-9-11/h6,8-9,13,19H,4-5,7,17H2,1-3H3. The highest BCUT2D eigenvalue weighted by atomic mass is 35.5. The highest BCUT2D eigenvalue weighted by Crippen LogP contribution is 2.26. The first-order valence-corrected chi connectivity index (χ1v) is 7.60. The van der Waals surface area contributed by atoms with E-state index < -0.39 is 0 Å². The topological polar surface area (TPSA) is 68.8 Å². The summed E-state index contributed by atoms with van der Waals surface area (Å²) in [6.45, 7) is 6.92. The second kappa shape index (κ2) is 7.02. The third kappa shape index (κ3) is 3.43. The van der Waals surface area contributed by atoms with Crippen LogP contribution in [0.4, 0.5) is 0 Å². The highest BCUT2D eigenvalue weighted by Gasteiger charge is 2.19. The van der Waals surface area contributed by atoms with Crippen LogP contribution >= 0.6 is 11.6 Å². The molecule has 1 unspecified atom stereocenters. The summed E-state index contributed by atoms with van der Waals surface area (Å²) >= 11 is 6.46. The van der Waals surface area contributed by atoms with Crippen LogP contribution in [0.5, 0.6) is 0 Å². The predicted octanol–water partition coefficient (Wildman–Crippen LogP) is 2.57. The fourth-order valence-corrected chi connectivity index (χ4v) is 2.79. The molecule has 0 aliphatic rings. The molecule has 0 aromatic carbocycles. The molecule has 1 atom stereocenters. The van der Waals surface area contributed by atoms with E-state index in [0.717, 1.165) is 40.5 Å². The van der Waals surface area contributed by atoms with Gasteiger partial charge < -0.3 is 0 Å². The van der Waals surface area contributed by atoms with E-state index in [1.807, 2.05) is 24.0 Å². The van der Waals surface area contributed by atoms with Crippen LogP contribution in [0.25, 0.3) is 0 Å². The van der Waals surface area contributed by atoms with Gasteiger partial charge in [-0.25, -0.2) is 0 Å². The van der Waals surface area contributed by atoms with E-state index in [1.165, 1.54) is 0 Å². The first-order chi connectivity index (χ1) is 10.1. The van der Waals surface area contributed by atoms with E-state index in [2.05, 4.69) is 35.4 Å². The van der Waals surface area contributed by atoms with Crippen LogP contribution in [-0.4, -0.2) is 14.8 Å². The maximum Gasteiger partial charge on any atom is 0.0850 e. The van der Waals surface area contributed by atoms with Crippen LogP contribution in [0.15, 0.2) is 18.5 Å². The van der Waals surface area contributed by atoms with Gasteiger partial charge in [0, 0.05) is 25.4 Å². The number of nitrogens with one attached hydrogen (secondary N) is 1. The average molecular weight is 308 g/mol. The minimum atomic E-state index is -0.0402. The minimum Gasteiger partial charge on any atom is -0.271 e. The summed E-state index contributed by atoms with van der Waals surface area (Å²) in [6.07, 6.45) is 5.17. The molecular weight excluding hydrogens is 286 g/mol. The average Bonchev–Trinajstić information content (AvgIpc) is 2.80. The van der Waals surface area contributed by atoms with Crippen molar-refractivity contribution in [1.82, 2.24) is 20.2 Å². The van der Waals surface area contributed by atoms with E-state index in [4.69, 9.17) is 17.4 Å². The summed E-state index contributed by atoms with van der Waals surface area (Å²) in [7, 11) is 0. The molecule has 6 heteroatoms. The van der Waals surface area contributed by atoms with Crippen LogP contribution in [0.3, 0.4) is 0 Å². The Labute approximate surface area is 130 Å². The molecule has 2 aromatic heterocycles. The molecule has 0 spiro atoms. The Bertz CT molecular complexity index is 608. The molecular formula is C15H22ClN5. The summed E-state index contributed by atoms with van der Waals surface area (Å²) in [4.78, 5) is 4.23. The number of rotatable bonds is 6. The Morgan fingerprint density at radius 1 is 1.38 bits per heavy atom. The zero-order valence-electron chi connectivity index (χ0n) is 12.7. The smallest absolute Gasteiger partial charge is 0.0850 e. The SMILES string of the molecule is CCc1nn(CC)c(CC(NN)c2cncc(C)c2)c1Cl. The monoisotopic (exact) mass is 307 g/mol. The lowest BCUT2D eigenvalue weighted by molar-refractivity contribution is 0.515. The Morgan fingerprint density at radius 3 is 2.71 bits per heavy atom. The number of nitrogens with zero attached hydrogens (tertiary/aromatic N) is 3. The van der Waals surface area contributed by atoms with Crippen molar-refractivity contribution in [2.24, 2.45) is 5.84 Å². The van der Waals surface area contributed by atoms with Gasteiger partial charge in [0.25, 0.3) is 0 Å². The van der Waals surface area contributed by atoms with Crippen molar-refractivity contribution < 1.29 is 0 Å². The molecule has 5 nitrogen and oxygen atoms in total. The van der Waals surface area contributed by atoms with Gasteiger partial charge in [0.05, 0.1) is 22.5 Å². The number of halogens is 1. The third-order valence-electron chi connectivity index (χ3n) is 3.59. The number of pyridine rings is 1. The molecule has 0 saturated heterocycles. The molecule has 0 aliphatic carbocycles. The number of hydrogen-bond acceptors (Lipinski definition) is 4. The zero-order chi connectivity index (χ0) is 15.4. The molecule has 0 radical (unpaired) electrons. The molecule has 2 heterocycles. The van der Waals surface area contributed by atoms with Crippen LogP contribution in [0.1, 0.15) is 42.4 Å². The van der Waals surface area contributed by atoms with Crippen molar-refractivity contribution in [3.8, 4) is 0 Å². The second-order valence-electron chi connectivity index (χ2n) is 5.10. The summed E-state index contributed by atoms with van der Waals surface area (Å²) in [5.41, 5.74) is 6.97. The number of nitrogens with two attached hydrogens (primary N) is 1. The van der Waals surface area contributed by atoms with Gasteiger partial charge >= 0.3 is 0 Å². The molecule has 114 valence electrons. The lowest BCUT2D eigenvalue weighted by Crippen LogP contribution is -2.30. The van der Waals surface area contributed by atoms with Crippen LogP contribution in [0, 0.1) is 6.92 Å². The second-order valence-corrected chi connectivity index (χ2v) is 5.47. The molecule has 0 fully saturated rings. The van der Waals surface area contributed by atoms with E-state index in [1.54, 1.807) is 0 Å². The molecule has 0 saturated carbocycles. The Balaban J connectivity index is 2.32. The maximum atomic E-state index is 6.46. The Hall–Kier alpha value is -1.43. The van der Waals surface area contributed by atoms with Gasteiger partial charge in [0.2, 0.25) is 0 Å². The van der Waals surface area contributed by atoms with Gasteiger partial charge in [-0.1, -0.05) is 24.6 Å². The van der Waals surface area contributed by atoms with Crippen molar-refractivity contribution in [3.63, 3.8) is 0 Å². The third-order valence-corrected chi connectivity index (χ3v) is 4.03. The normalized spacial score (nSPS) is 12.6. The van der Waals surface area contributed by atoms with Crippen LogP contribution in [0.2, 0.25) is 5.02 Å². The largest absolute Gasteiger partial charge is 0.271 e. The van der Waals surface area contributed by atoms with E-state index in [-0.39, 0.29) is 6.04 Å². The van der Waals surface area contributed by atoms with Crippen molar-refractivity contribution in [3.05, 3.63) is 46.0 Å². The maximum absolute atomic E-state index is 6.46. The predicted molar refractivity (Wildman–Crippen MR) is 85.0 cm³/mol. The van der Waals surface area contributed by atoms with E-state index in [9.17, 15) is 0 Å². The minimum absolute atomic E-state index is 0.0402. The fraction of sp³-hybridized carbons (Fsp3) is 0.467. The number of hydrogen-bond donors (Lipinski definition) is 2. The number of hydrazine groups is 1. The van der Waals surface area contributed by atoms with Crippen molar-refractivity contribution in [2.75, 3.05) is 0 Å². The molecule has 21 heavy (non-hydrogen) atoms. The molecule has 0 bridgehead atoms. The first-order valence-electron chi connectivity index (χ1n) is 7.22. The van der Waals surface area contributed by atoms with Gasteiger partial charge in [-0.15, -0.1) is 0 Å². The van der Waals surface area contributed by atoms with Crippen LogP contribution < -0.4 is 11.3 Å². The van der Waals surface area contributed by atoms with E-state index in [0.29, 0.717) is 6.42 Å². The first kappa shape index (κ1) is 15.9. The molecule has 2 rings (SSSR count). The van der Waals surface area contributed by atoms with Crippen molar-refractivity contribution in [2.45, 2.75) is 46.2 Å². The van der Waals surface area contributed by atoms with Gasteiger partial charge in [-0.05, 0) is 31.4 Å². The Morgan fingerprint density at radius 2 is 2.14 bits per heavy atom. The summed E-state index contributed by atoms with van der Waals surface area (Å²) in [5, 5.41) is 5.30. The lowest BCUT2D eigenvalue weighted by atomic mass is 10.0. The quantitative estimate of drug-likeness (QED) is 0.636. The van der Waals surface area contributed by atoms with E-state index >= 15 is 0 Å². The van der Waals surface area contributed by atoms with Crippen molar-refractivity contribution >= 4 is 11.6 Å². The Kier molecular flexibility index (Phi) is 5.33. The summed E-state index contributed by atoms with van der Waals surface area (Å²) in [5.74, 6) is 5.73. The number of aryl methyl sites for hydroxylation is 3. The lowest BCUT2D eigenvalue weighted by Gasteiger charge is -2.17. The zero-order valence-corrected chi connectivity index (χ0v) is 13.5. The molecule has 3 N–H and O–H groups in total. The van der Waals surface area contributed by atoms with Gasteiger partial charge in [-0.2, -0.15) is 5.10 Å². The molecule has 0 aliphatic heterocycles. The van der Waals surface area contributed by atoms with Gasteiger partial charge in [-0.3, -0.25) is 20.9 Å². The summed E-state index contributed by atoms with van der Waals surface area (Å²) in [6, 6.07) is 2.04. The molecule has 2 aromatic rings. The fourth-order valence-electron chi connectivity index (χ4n) is 2.45. The highest BCUT2D eigenvalue weighted by molar-refractivity contribution is 6.31.